The van der Waals surface area contributed by atoms with Crippen molar-refractivity contribution < 1.29 is 9.53 Å². The molecule has 0 saturated carbocycles. The topological polar surface area (TPSA) is 103 Å². The second-order valence-electron chi connectivity index (χ2n) is 6.42. The number of amides is 1. The van der Waals surface area contributed by atoms with E-state index in [0.717, 1.165) is 35.2 Å². The number of aryl methyl sites for hydroxylation is 1. The molecule has 0 aliphatic carbocycles. The van der Waals surface area contributed by atoms with Crippen molar-refractivity contribution in [3.05, 3.63) is 78.3 Å². The first kappa shape index (κ1) is 20.7. The van der Waals surface area contributed by atoms with Crippen molar-refractivity contribution in [1.82, 2.24) is 9.97 Å². The number of aliphatic imine (C=N–C) groups is 1. The molecule has 0 bridgehead atoms. The molecule has 3 rings (SSSR count). The number of aromatic nitrogens is 2. The number of nitrogens with zero attached hydrogens (tertiary/aromatic N) is 2. The van der Waals surface area contributed by atoms with Crippen LogP contribution in [0.3, 0.4) is 0 Å². The Labute approximate surface area is 175 Å². The molecule has 3 N–H and O–H groups in total. The molecule has 7 heteroatoms. The highest BCUT2D eigenvalue weighted by Gasteiger charge is 2.05. The maximum atomic E-state index is 12.3. The Morgan fingerprint density at radius 3 is 2.80 bits per heavy atom. The normalized spacial score (nSPS) is 11.4. The van der Waals surface area contributed by atoms with Crippen molar-refractivity contribution in [3.8, 4) is 11.3 Å². The summed E-state index contributed by atoms with van der Waals surface area (Å²) < 4.78 is 5.01. The van der Waals surface area contributed by atoms with E-state index < -0.39 is 0 Å². The van der Waals surface area contributed by atoms with Crippen LogP contribution in [0.2, 0.25) is 0 Å². The number of benzene rings is 1. The molecule has 7 nitrogen and oxygen atoms in total. The number of anilines is 1. The summed E-state index contributed by atoms with van der Waals surface area (Å²) in [5, 5.41) is 9.83. The minimum Gasteiger partial charge on any atom is -0.432 e. The number of rotatable bonds is 8. The van der Waals surface area contributed by atoms with Gasteiger partial charge in [0.1, 0.15) is 0 Å². The summed E-state index contributed by atoms with van der Waals surface area (Å²) in [7, 11) is 1.64. The van der Waals surface area contributed by atoms with E-state index in [4.69, 9.17) is 10.1 Å². The van der Waals surface area contributed by atoms with Crippen molar-refractivity contribution in [2.45, 2.75) is 12.8 Å². The van der Waals surface area contributed by atoms with Crippen LogP contribution in [0.25, 0.3) is 17.3 Å². The van der Waals surface area contributed by atoms with Gasteiger partial charge in [0, 0.05) is 60.6 Å². The molecule has 0 unspecified atom stereocenters. The second kappa shape index (κ2) is 10.5. The lowest BCUT2D eigenvalue weighted by Gasteiger charge is -2.06. The number of H-pyrrole nitrogens is 1. The predicted molar refractivity (Wildman–Crippen MR) is 120 cm³/mol. The molecule has 2 aromatic heterocycles. The summed E-state index contributed by atoms with van der Waals surface area (Å²) in [4.78, 5) is 23.6. The molecule has 1 amide bonds. The molecule has 0 aliphatic heterocycles. The van der Waals surface area contributed by atoms with E-state index in [-0.39, 0.29) is 5.91 Å². The number of carbonyl (C=O) groups excluding carboxylic acids is 1. The van der Waals surface area contributed by atoms with E-state index in [9.17, 15) is 4.79 Å². The van der Waals surface area contributed by atoms with Crippen LogP contribution in [-0.2, 0) is 16.0 Å². The van der Waals surface area contributed by atoms with Gasteiger partial charge in [0.25, 0.3) is 0 Å². The molecule has 0 saturated heterocycles. The Morgan fingerprint density at radius 1 is 1.27 bits per heavy atom. The molecule has 152 valence electrons. The van der Waals surface area contributed by atoms with Gasteiger partial charge in [-0.1, -0.05) is 12.1 Å². The number of aromatic amines is 1. The third kappa shape index (κ3) is 5.75. The molecular formula is C23H23N5O2. The molecule has 0 fully saturated rings. The Bertz CT molecular complexity index is 1040. The maximum absolute atomic E-state index is 12.3. The van der Waals surface area contributed by atoms with E-state index in [1.165, 1.54) is 6.08 Å². The molecular weight excluding hydrogens is 378 g/mol. The molecule has 0 radical (unpaired) electrons. The number of carbonyl (C=O) groups is 1. The summed E-state index contributed by atoms with van der Waals surface area (Å²) in [6.45, 7) is 0. The molecule has 0 aliphatic rings. The van der Waals surface area contributed by atoms with Gasteiger partial charge in [0.2, 0.25) is 5.91 Å². The Hall–Kier alpha value is -4.00. The minimum absolute atomic E-state index is 0.219. The first-order valence-corrected chi connectivity index (χ1v) is 9.46. The predicted octanol–water partition coefficient (Wildman–Crippen LogP) is 4.31. The summed E-state index contributed by atoms with van der Waals surface area (Å²) in [6, 6.07) is 13.4. The van der Waals surface area contributed by atoms with Crippen LogP contribution in [0, 0.1) is 5.41 Å². The lowest BCUT2D eigenvalue weighted by atomic mass is 10.1. The third-order valence-electron chi connectivity index (χ3n) is 4.45. The van der Waals surface area contributed by atoms with Gasteiger partial charge in [0.15, 0.2) is 12.3 Å². The quantitative estimate of drug-likeness (QED) is 0.298. The third-order valence-corrected chi connectivity index (χ3v) is 4.45. The average Bonchev–Trinajstić information content (AvgIpc) is 3.31. The van der Waals surface area contributed by atoms with Crippen LogP contribution >= 0.6 is 0 Å². The number of hydrogen-bond donors (Lipinski definition) is 3. The fourth-order valence-electron chi connectivity index (χ4n) is 2.93. The summed E-state index contributed by atoms with van der Waals surface area (Å²) in [5.41, 5.74) is 4.60. The summed E-state index contributed by atoms with van der Waals surface area (Å²) in [6.07, 6.45) is 10.8. The Morgan fingerprint density at radius 2 is 2.10 bits per heavy atom. The van der Waals surface area contributed by atoms with Gasteiger partial charge in [-0.3, -0.25) is 20.2 Å². The average molecular weight is 401 g/mol. The SMILES string of the molecule is C/N=C(/CCc1ccc(NC(=O)/C=C/c2cnccc2-c2ccc[nH]2)cc1)OC=N. The first-order valence-electron chi connectivity index (χ1n) is 9.46. The van der Waals surface area contributed by atoms with Gasteiger partial charge in [-0.25, -0.2) is 0 Å². The highest BCUT2D eigenvalue weighted by molar-refractivity contribution is 6.02. The van der Waals surface area contributed by atoms with Crippen molar-refractivity contribution in [1.29, 1.82) is 5.41 Å². The fraction of sp³-hybridized carbons (Fsp3) is 0.130. The number of pyridine rings is 1. The van der Waals surface area contributed by atoms with Gasteiger partial charge in [-0.15, -0.1) is 0 Å². The van der Waals surface area contributed by atoms with Gasteiger partial charge in [-0.05, 0) is 48.4 Å². The van der Waals surface area contributed by atoms with E-state index in [2.05, 4.69) is 20.3 Å². The molecule has 30 heavy (non-hydrogen) atoms. The van der Waals surface area contributed by atoms with Gasteiger partial charge in [-0.2, -0.15) is 0 Å². The van der Waals surface area contributed by atoms with E-state index in [1.54, 1.807) is 25.5 Å². The molecule has 0 spiro atoms. The van der Waals surface area contributed by atoms with Crippen molar-refractivity contribution in [2.75, 3.05) is 12.4 Å². The zero-order chi connectivity index (χ0) is 21.2. The number of hydrogen-bond acceptors (Lipinski definition) is 5. The van der Waals surface area contributed by atoms with Gasteiger partial charge < -0.3 is 15.0 Å². The van der Waals surface area contributed by atoms with Crippen LogP contribution in [-0.4, -0.2) is 35.2 Å². The summed E-state index contributed by atoms with van der Waals surface area (Å²) in [5.74, 6) is 0.297. The lowest BCUT2D eigenvalue weighted by molar-refractivity contribution is -0.111. The number of ether oxygens (including phenoxy) is 1. The van der Waals surface area contributed by atoms with E-state index in [1.807, 2.05) is 48.7 Å². The number of nitrogens with one attached hydrogen (secondary N) is 3. The Kier molecular flexibility index (Phi) is 7.27. The largest absolute Gasteiger partial charge is 0.432 e. The maximum Gasteiger partial charge on any atom is 0.248 e. The highest BCUT2D eigenvalue weighted by atomic mass is 16.5. The molecule has 3 aromatic rings. The van der Waals surface area contributed by atoms with Crippen LogP contribution in [0.4, 0.5) is 5.69 Å². The summed E-state index contributed by atoms with van der Waals surface area (Å²) >= 11 is 0. The zero-order valence-electron chi connectivity index (χ0n) is 16.6. The van der Waals surface area contributed by atoms with Crippen molar-refractivity contribution in [3.63, 3.8) is 0 Å². The monoisotopic (exact) mass is 401 g/mol. The van der Waals surface area contributed by atoms with Crippen molar-refractivity contribution >= 4 is 30.0 Å². The fourth-order valence-corrected chi connectivity index (χ4v) is 2.93. The molecule has 2 heterocycles. The second-order valence-corrected chi connectivity index (χ2v) is 6.42. The standard InChI is InChI=1S/C23H23N5O2/c1-25-23(30-16-24)11-6-17-4-8-19(9-5-17)28-22(29)10-7-18-15-26-14-12-20(18)21-3-2-13-27-21/h2-5,7-10,12-16,24,27H,6,11H2,1H3,(H,28,29)/b10-7+,24-16?,25-23-. The van der Waals surface area contributed by atoms with Crippen LogP contribution in [0.1, 0.15) is 17.5 Å². The van der Waals surface area contributed by atoms with Crippen LogP contribution in [0.5, 0.6) is 0 Å². The highest BCUT2D eigenvalue weighted by Crippen LogP contribution is 2.22. The minimum atomic E-state index is -0.219. The van der Waals surface area contributed by atoms with Crippen LogP contribution in [0.15, 0.2) is 72.1 Å². The van der Waals surface area contributed by atoms with Crippen molar-refractivity contribution in [2.24, 2.45) is 4.99 Å². The Balaban J connectivity index is 1.59. The lowest BCUT2D eigenvalue weighted by Crippen LogP contribution is -2.08. The van der Waals surface area contributed by atoms with E-state index >= 15 is 0 Å². The first-order chi connectivity index (χ1) is 14.7. The zero-order valence-corrected chi connectivity index (χ0v) is 16.6. The van der Waals surface area contributed by atoms with E-state index in [0.29, 0.717) is 18.0 Å². The molecule has 1 aromatic carbocycles. The molecule has 0 atom stereocenters. The van der Waals surface area contributed by atoms with Gasteiger partial charge >= 0.3 is 0 Å². The van der Waals surface area contributed by atoms with Crippen LogP contribution < -0.4 is 5.32 Å². The van der Waals surface area contributed by atoms with Gasteiger partial charge in [0.05, 0.1) is 0 Å². The smallest absolute Gasteiger partial charge is 0.248 e.